The Morgan fingerprint density at radius 1 is 1.16 bits per heavy atom. The summed E-state index contributed by atoms with van der Waals surface area (Å²) in [5.74, 6) is -0.709. The van der Waals surface area contributed by atoms with E-state index in [0.29, 0.717) is 18.7 Å². The number of fused-ring (bicyclic) bond motifs is 1. The molecule has 3 rings (SSSR count). The van der Waals surface area contributed by atoms with E-state index in [4.69, 9.17) is 9.84 Å². The first-order valence-electron chi connectivity index (χ1n) is 7.55. The number of nitrogens with zero attached hydrogens (tertiary/aromatic N) is 2. The van der Waals surface area contributed by atoms with Crippen molar-refractivity contribution in [2.24, 2.45) is 0 Å². The molecule has 0 spiro atoms. The van der Waals surface area contributed by atoms with Crippen molar-refractivity contribution in [2.45, 2.75) is 50.2 Å². The number of hydrogen-bond donors (Lipinski definition) is 1. The van der Waals surface area contributed by atoms with Crippen LogP contribution in [0.15, 0.2) is 0 Å². The molecule has 3 atom stereocenters. The summed E-state index contributed by atoms with van der Waals surface area (Å²) < 4.78 is 5.49. The van der Waals surface area contributed by atoms with Gasteiger partial charge in [-0.15, -0.1) is 0 Å². The zero-order valence-electron chi connectivity index (χ0n) is 11.5. The Morgan fingerprint density at radius 3 is 2.89 bits per heavy atom. The third-order valence-electron chi connectivity index (χ3n) is 4.93. The third kappa shape index (κ3) is 2.78. The molecule has 0 aromatic carbocycles. The number of ether oxygens (including phenoxy) is 1. The number of carbonyl (C=O) groups is 1. The van der Waals surface area contributed by atoms with Gasteiger partial charge in [0, 0.05) is 31.2 Å². The Morgan fingerprint density at radius 2 is 2.05 bits per heavy atom. The molecule has 0 saturated carbocycles. The molecule has 1 N–H and O–H groups in total. The highest BCUT2D eigenvalue weighted by atomic mass is 16.5. The van der Waals surface area contributed by atoms with Gasteiger partial charge < -0.3 is 9.84 Å². The molecule has 0 aromatic rings. The van der Waals surface area contributed by atoms with Gasteiger partial charge in [0.05, 0.1) is 19.6 Å². The lowest BCUT2D eigenvalue weighted by atomic mass is 9.96. The van der Waals surface area contributed by atoms with Crippen LogP contribution in [0.4, 0.5) is 0 Å². The van der Waals surface area contributed by atoms with Crippen LogP contribution in [-0.2, 0) is 9.53 Å². The second-order valence-electron chi connectivity index (χ2n) is 6.02. The molecule has 3 aliphatic rings. The topological polar surface area (TPSA) is 53.0 Å². The van der Waals surface area contributed by atoms with Crippen LogP contribution >= 0.6 is 0 Å². The van der Waals surface area contributed by atoms with Gasteiger partial charge in [-0.05, 0) is 25.8 Å². The third-order valence-corrected chi connectivity index (χ3v) is 4.93. The fourth-order valence-electron chi connectivity index (χ4n) is 4.09. The van der Waals surface area contributed by atoms with Crippen molar-refractivity contribution < 1.29 is 14.6 Å². The lowest BCUT2D eigenvalue weighted by Crippen LogP contribution is -2.55. The zero-order chi connectivity index (χ0) is 13.2. The van der Waals surface area contributed by atoms with Gasteiger partial charge >= 0.3 is 5.97 Å². The van der Waals surface area contributed by atoms with E-state index in [1.807, 2.05) is 0 Å². The van der Waals surface area contributed by atoms with Crippen molar-refractivity contribution >= 4 is 5.97 Å². The summed E-state index contributed by atoms with van der Waals surface area (Å²) in [5.41, 5.74) is 0. The zero-order valence-corrected chi connectivity index (χ0v) is 11.5. The first-order chi connectivity index (χ1) is 9.25. The van der Waals surface area contributed by atoms with Crippen molar-refractivity contribution in [1.82, 2.24) is 9.80 Å². The number of carboxylic acid groups (broad SMARTS) is 1. The van der Waals surface area contributed by atoms with Gasteiger partial charge in [-0.2, -0.15) is 0 Å². The lowest BCUT2D eigenvalue weighted by molar-refractivity contribution is -0.141. The quantitative estimate of drug-likeness (QED) is 0.820. The minimum atomic E-state index is -0.709. The van der Waals surface area contributed by atoms with Gasteiger partial charge in [0.15, 0.2) is 0 Å². The Labute approximate surface area is 114 Å². The molecule has 5 nitrogen and oxygen atoms in total. The van der Waals surface area contributed by atoms with Crippen LogP contribution in [0.25, 0.3) is 0 Å². The van der Waals surface area contributed by atoms with Crippen LogP contribution in [-0.4, -0.2) is 71.8 Å². The number of carboxylic acids is 1. The molecular weight excluding hydrogens is 244 g/mol. The molecule has 0 amide bonds. The van der Waals surface area contributed by atoms with Crippen LogP contribution < -0.4 is 0 Å². The predicted molar refractivity (Wildman–Crippen MR) is 71.2 cm³/mol. The normalized spacial score (nSPS) is 37.2. The largest absolute Gasteiger partial charge is 0.481 e. The van der Waals surface area contributed by atoms with Crippen LogP contribution in [0.3, 0.4) is 0 Å². The molecule has 3 aliphatic heterocycles. The van der Waals surface area contributed by atoms with Gasteiger partial charge in [-0.1, -0.05) is 6.42 Å². The van der Waals surface area contributed by atoms with E-state index in [1.54, 1.807) is 0 Å². The molecule has 5 heteroatoms. The average molecular weight is 268 g/mol. The van der Waals surface area contributed by atoms with E-state index in [-0.39, 0.29) is 12.5 Å². The van der Waals surface area contributed by atoms with E-state index in [1.165, 1.54) is 38.8 Å². The molecule has 3 fully saturated rings. The van der Waals surface area contributed by atoms with Gasteiger partial charge in [-0.3, -0.25) is 14.6 Å². The maximum atomic E-state index is 11.0. The van der Waals surface area contributed by atoms with Crippen molar-refractivity contribution in [3.8, 4) is 0 Å². The predicted octanol–water partition coefficient (Wildman–Crippen LogP) is 0.789. The molecule has 3 unspecified atom stereocenters. The second kappa shape index (κ2) is 5.77. The van der Waals surface area contributed by atoms with Gasteiger partial charge in [0.1, 0.15) is 0 Å². The second-order valence-corrected chi connectivity index (χ2v) is 6.02. The van der Waals surface area contributed by atoms with E-state index in [2.05, 4.69) is 9.80 Å². The SMILES string of the molecule is O=C(O)CC1COCCN1C1CCN2CCCCC12. The summed E-state index contributed by atoms with van der Waals surface area (Å²) in [7, 11) is 0. The maximum Gasteiger partial charge on any atom is 0.305 e. The summed E-state index contributed by atoms with van der Waals surface area (Å²) >= 11 is 0. The van der Waals surface area contributed by atoms with Crippen LogP contribution in [0.2, 0.25) is 0 Å². The summed E-state index contributed by atoms with van der Waals surface area (Å²) in [6, 6.07) is 1.27. The average Bonchev–Trinajstić information content (AvgIpc) is 2.82. The van der Waals surface area contributed by atoms with E-state index < -0.39 is 5.97 Å². The number of piperidine rings is 1. The molecule has 3 heterocycles. The Bertz CT molecular complexity index is 337. The van der Waals surface area contributed by atoms with Gasteiger partial charge in [0.2, 0.25) is 0 Å². The summed E-state index contributed by atoms with van der Waals surface area (Å²) in [6.07, 6.45) is 5.34. The van der Waals surface area contributed by atoms with Crippen LogP contribution in [0, 0.1) is 0 Å². The number of rotatable bonds is 3. The van der Waals surface area contributed by atoms with E-state index in [0.717, 1.165) is 13.2 Å². The monoisotopic (exact) mass is 268 g/mol. The Balaban J connectivity index is 1.69. The van der Waals surface area contributed by atoms with Crippen molar-refractivity contribution in [2.75, 3.05) is 32.8 Å². The van der Waals surface area contributed by atoms with E-state index >= 15 is 0 Å². The minimum absolute atomic E-state index is 0.0677. The fourth-order valence-corrected chi connectivity index (χ4v) is 4.09. The number of hydrogen-bond acceptors (Lipinski definition) is 4. The number of aliphatic carboxylic acids is 1. The highest BCUT2D eigenvalue weighted by molar-refractivity contribution is 5.67. The minimum Gasteiger partial charge on any atom is -0.481 e. The standard InChI is InChI=1S/C14H24N2O3/c17-14(18)9-11-10-19-8-7-16(11)13-4-6-15-5-2-1-3-12(13)15/h11-13H,1-10H2,(H,17,18). The first-order valence-corrected chi connectivity index (χ1v) is 7.55. The number of morpholine rings is 1. The van der Waals surface area contributed by atoms with Gasteiger partial charge in [-0.25, -0.2) is 0 Å². The Hall–Kier alpha value is -0.650. The molecule has 19 heavy (non-hydrogen) atoms. The summed E-state index contributed by atoms with van der Waals surface area (Å²) in [6.45, 7) is 4.64. The molecule has 108 valence electrons. The Kier molecular flexibility index (Phi) is 4.05. The van der Waals surface area contributed by atoms with Crippen molar-refractivity contribution in [1.29, 1.82) is 0 Å². The highest BCUT2D eigenvalue weighted by Crippen LogP contribution is 2.32. The molecule has 3 saturated heterocycles. The smallest absolute Gasteiger partial charge is 0.305 e. The maximum absolute atomic E-state index is 11.0. The van der Waals surface area contributed by atoms with Crippen molar-refractivity contribution in [3.05, 3.63) is 0 Å². The molecule has 0 bridgehead atoms. The van der Waals surface area contributed by atoms with Crippen LogP contribution in [0.5, 0.6) is 0 Å². The molecule has 0 aromatic heterocycles. The summed E-state index contributed by atoms with van der Waals surface area (Å²) in [5, 5.41) is 9.07. The molecular formula is C14H24N2O3. The van der Waals surface area contributed by atoms with E-state index in [9.17, 15) is 4.79 Å². The molecule has 0 aliphatic carbocycles. The van der Waals surface area contributed by atoms with Crippen LogP contribution in [0.1, 0.15) is 32.1 Å². The highest BCUT2D eigenvalue weighted by Gasteiger charge is 2.42. The molecule has 0 radical (unpaired) electrons. The van der Waals surface area contributed by atoms with Crippen molar-refractivity contribution in [3.63, 3.8) is 0 Å². The lowest BCUT2D eigenvalue weighted by Gasteiger charge is -2.43. The summed E-state index contributed by atoms with van der Waals surface area (Å²) in [4.78, 5) is 16.1. The first kappa shape index (κ1) is 13.3. The van der Waals surface area contributed by atoms with Gasteiger partial charge in [0.25, 0.3) is 0 Å². The fraction of sp³-hybridized carbons (Fsp3) is 0.929.